The molecule has 36 heavy (non-hydrogen) atoms. The summed E-state index contributed by atoms with van der Waals surface area (Å²) in [4.78, 5) is 20.9. The van der Waals surface area contributed by atoms with Gasteiger partial charge in [0.05, 0.1) is 35.1 Å². The van der Waals surface area contributed by atoms with Gasteiger partial charge in [-0.05, 0) is 25.1 Å². The summed E-state index contributed by atoms with van der Waals surface area (Å²) in [5, 5.41) is 8.77. The molecule has 3 aromatic heterocycles. The first-order chi connectivity index (χ1) is 16.6. The number of thiazole rings is 1. The Morgan fingerprint density at radius 1 is 1.06 bits per heavy atom. The zero-order valence-electron chi connectivity index (χ0n) is 17.8. The number of alkyl halides is 6. The Balaban J connectivity index is 1.79. The number of benzene rings is 1. The molecule has 0 saturated carbocycles. The van der Waals surface area contributed by atoms with Gasteiger partial charge in [-0.25, -0.2) is 28.0 Å². The third-order valence-electron chi connectivity index (χ3n) is 4.94. The Kier molecular flexibility index (Phi) is 6.17. The number of hydrogen-bond donors (Lipinski definition) is 1. The molecule has 0 aliphatic carbocycles. The van der Waals surface area contributed by atoms with Crippen LogP contribution >= 0.6 is 11.3 Å². The summed E-state index contributed by atoms with van der Waals surface area (Å²) in [5.74, 6) is -0.759. The number of ketones is 1. The van der Waals surface area contributed by atoms with Crippen LogP contribution in [0.4, 0.5) is 26.3 Å². The van der Waals surface area contributed by atoms with E-state index in [0.717, 1.165) is 18.3 Å². The zero-order valence-corrected chi connectivity index (χ0v) is 19.5. The maximum Gasteiger partial charge on any atom is 0.433 e. The fourth-order valence-electron chi connectivity index (χ4n) is 3.35. The highest BCUT2D eigenvalue weighted by Crippen LogP contribution is 2.35. The third kappa shape index (κ3) is 4.96. The minimum Gasteiger partial charge on any atom is -0.294 e. The number of sulfonamides is 1. The minimum atomic E-state index is -4.94. The SMILES string of the molecule is Cc1nc(CC(=O)c2cnn3c(C(F)(F)F)cc(-c4ccc(C(F)(F)F)cc4)nc23)sc1S(N)(=O)=O. The minimum absolute atomic E-state index is 0.0517. The van der Waals surface area contributed by atoms with Crippen LogP contribution in [-0.4, -0.2) is 33.8 Å². The molecule has 8 nitrogen and oxygen atoms in total. The van der Waals surface area contributed by atoms with E-state index in [4.69, 9.17) is 5.14 Å². The van der Waals surface area contributed by atoms with Crippen molar-refractivity contribution in [1.29, 1.82) is 0 Å². The lowest BCUT2D eigenvalue weighted by molar-refractivity contribution is -0.142. The van der Waals surface area contributed by atoms with Crippen LogP contribution in [0.5, 0.6) is 0 Å². The third-order valence-corrected chi connectivity index (χ3v) is 7.65. The Hall–Kier alpha value is -3.37. The van der Waals surface area contributed by atoms with Crippen LogP contribution in [-0.2, 0) is 28.8 Å². The van der Waals surface area contributed by atoms with Crippen molar-refractivity contribution in [2.24, 2.45) is 5.14 Å². The zero-order chi connectivity index (χ0) is 26.6. The van der Waals surface area contributed by atoms with Gasteiger partial charge in [0, 0.05) is 5.56 Å². The lowest BCUT2D eigenvalue weighted by Crippen LogP contribution is -2.14. The van der Waals surface area contributed by atoms with Gasteiger partial charge >= 0.3 is 12.4 Å². The highest BCUT2D eigenvalue weighted by molar-refractivity contribution is 7.91. The summed E-state index contributed by atoms with van der Waals surface area (Å²) in [5.41, 5.74) is -3.43. The first kappa shape index (κ1) is 25.7. The van der Waals surface area contributed by atoms with Gasteiger partial charge in [-0.3, -0.25) is 4.79 Å². The van der Waals surface area contributed by atoms with Gasteiger partial charge in [-0.15, -0.1) is 11.3 Å². The molecule has 3 heterocycles. The molecule has 0 saturated heterocycles. The Morgan fingerprint density at radius 2 is 1.69 bits per heavy atom. The van der Waals surface area contributed by atoms with E-state index in [1.165, 1.54) is 6.92 Å². The van der Waals surface area contributed by atoms with Crippen molar-refractivity contribution >= 4 is 32.8 Å². The van der Waals surface area contributed by atoms with E-state index >= 15 is 0 Å². The Labute approximate surface area is 202 Å². The van der Waals surface area contributed by atoms with E-state index in [0.29, 0.717) is 34.1 Å². The number of carbonyl (C=O) groups excluding carboxylic acids is 1. The molecule has 4 aromatic rings. The van der Waals surface area contributed by atoms with E-state index in [-0.39, 0.29) is 31.7 Å². The van der Waals surface area contributed by atoms with Crippen LogP contribution in [0.2, 0.25) is 0 Å². The fraction of sp³-hybridized carbons (Fsp3) is 0.200. The Morgan fingerprint density at radius 3 is 2.22 bits per heavy atom. The van der Waals surface area contributed by atoms with E-state index in [2.05, 4.69) is 15.1 Å². The number of aryl methyl sites for hydroxylation is 1. The predicted molar refractivity (Wildman–Crippen MR) is 115 cm³/mol. The summed E-state index contributed by atoms with van der Waals surface area (Å²) in [6.07, 6.45) is -9.19. The number of nitrogens with two attached hydrogens (primary N) is 1. The number of rotatable bonds is 5. The van der Waals surface area contributed by atoms with Crippen molar-refractivity contribution in [3.05, 3.63) is 64.1 Å². The van der Waals surface area contributed by atoms with Crippen molar-refractivity contribution < 1.29 is 39.6 Å². The highest BCUT2D eigenvalue weighted by atomic mass is 32.2. The standard InChI is InChI=1S/C20H13F6N5O3S2/c1-9-18(36(27,33)34)35-16(29-9)7-14(32)12-8-28-31-15(20(24,25)26)6-13(30-17(12)31)10-2-4-11(5-3-10)19(21,22)23/h2-6,8H,7H2,1H3,(H2,27,33,34). The van der Waals surface area contributed by atoms with Gasteiger partial charge in [0.2, 0.25) is 10.0 Å². The molecule has 0 aliphatic heterocycles. The summed E-state index contributed by atoms with van der Waals surface area (Å²) in [6, 6.07) is 3.94. The first-order valence-electron chi connectivity index (χ1n) is 9.71. The van der Waals surface area contributed by atoms with E-state index in [1.54, 1.807) is 0 Å². The molecule has 0 fully saturated rings. The Bertz CT molecular complexity index is 1590. The second kappa shape index (κ2) is 8.63. The predicted octanol–water partition coefficient (Wildman–Crippen LogP) is 4.27. The van der Waals surface area contributed by atoms with Gasteiger partial charge in [-0.1, -0.05) is 12.1 Å². The fourth-order valence-corrected chi connectivity index (χ4v) is 5.35. The summed E-state index contributed by atoms with van der Waals surface area (Å²) >= 11 is 0.644. The molecule has 16 heteroatoms. The summed E-state index contributed by atoms with van der Waals surface area (Å²) in [6.45, 7) is 1.37. The second-order valence-corrected chi connectivity index (χ2v) is 10.4. The van der Waals surface area contributed by atoms with Crippen molar-refractivity contribution in [3.8, 4) is 11.3 Å². The van der Waals surface area contributed by atoms with E-state index in [1.807, 2.05) is 0 Å². The highest BCUT2D eigenvalue weighted by Gasteiger charge is 2.36. The van der Waals surface area contributed by atoms with Crippen LogP contribution in [0.1, 0.15) is 32.3 Å². The number of carbonyl (C=O) groups is 1. The number of hydrogen-bond acceptors (Lipinski definition) is 7. The van der Waals surface area contributed by atoms with Gasteiger partial charge in [-0.2, -0.15) is 31.4 Å². The topological polar surface area (TPSA) is 120 Å². The van der Waals surface area contributed by atoms with Crippen molar-refractivity contribution in [2.45, 2.75) is 29.9 Å². The molecule has 190 valence electrons. The molecule has 0 spiro atoms. The normalized spacial score (nSPS) is 12.9. The molecule has 0 aliphatic rings. The van der Waals surface area contributed by atoms with E-state index < -0.39 is 51.5 Å². The van der Waals surface area contributed by atoms with Crippen molar-refractivity contribution in [1.82, 2.24) is 19.6 Å². The van der Waals surface area contributed by atoms with Crippen LogP contribution in [0.15, 0.2) is 40.7 Å². The maximum absolute atomic E-state index is 13.8. The molecule has 0 unspecified atom stereocenters. The number of fused-ring (bicyclic) bond motifs is 1. The van der Waals surface area contributed by atoms with Crippen LogP contribution in [0.3, 0.4) is 0 Å². The quantitative estimate of drug-likeness (QED) is 0.293. The number of nitrogens with zero attached hydrogens (tertiary/aromatic N) is 4. The van der Waals surface area contributed by atoms with Crippen LogP contribution < -0.4 is 5.14 Å². The molecule has 0 bridgehead atoms. The molecule has 0 atom stereocenters. The van der Waals surface area contributed by atoms with Gasteiger partial charge in [0.25, 0.3) is 0 Å². The molecule has 0 radical (unpaired) electrons. The number of Topliss-reactive ketones (excluding diaryl/α,β-unsaturated/α-hetero) is 1. The summed E-state index contributed by atoms with van der Waals surface area (Å²) < 4.78 is 103. The van der Waals surface area contributed by atoms with Gasteiger partial charge in [0.1, 0.15) is 5.01 Å². The van der Waals surface area contributed by atoms with Crippen LogP contribution in [0, 0.1) is 6.92 Å². The molecular formula is C20H13F6N5O3S2. The first-order valence-corrected chi connectivity index (χ1v) is 12.1. The maximum atomic E-state index is 13.8. The monoisotopic (exact) mass is 549 g/mol. The average Bonchev–Trinajstić information content (AvgIpc) is 3.34. The largest absolute Gasteiger partial charge is 0.433 e. The second-order valence-electron chi connectivity index (χ2n) is 7.52. The van der Waals surface area contributed by atoms with Gasteiger partial charge < -0.3 is 0 Å². The van der Waals surface area contributed by atoms with Crippen molar-refractivity contribution in [3.63, 3.8) is 0 Å². The van der Waals surface area contributed by atoms with E-state index in [9.17, 15) is 39.6 Å². The molecular weight excluding hydrogens is 536 g/mol. The lowest BCUT2D eigenvalue weighted by atomic mass is 10.1. The average molecular weight is 549 g/mol. The number of aromatic nitrogens is 4. The number of halogens is 6. The molecule has 4 rings (SSSR count). The molecule has 0 amide bonds. The molecule has 1 aromatic carbocycles. The molecule has 2 N–H and O–H groups in total. The van der Waals surface area contributed by atoms with Gasteiger partial charge in [0.15, 0.2) is 21.3 Å². The van der Waals surface area contributed by atoms with Crippen LogP contribution in [0.25, 0.3) is 16.9 Å². The number of primary sulfonamides is 1. The lowest BCUT2D eigenvalue weighted by Gasteiger charge is -2.12. The summed E-state index contributed by atoms with van der Waals surface area (Å²) in [7, 11) is -4.09. The smallest absolute Gasteiger partial charge is 0.294 e. The van der Waals surface area contributed by atoms with Crippen molar-refractivity contribution in [2.75, 3.05) is 0 Å².